The molecule has 15 heavy (non-hydrogen) atoms. The maximum atomic E-state index is 10.7. The highest BCUT2D eigenvalue weighted by Crippen LogP contribution is 1.91. The zero-order valence-corrected chi connectivity index (χ0v) is 9.38. The Morgan fingerprint density at radius 3 is 2.73 bits per heavy atom. The van der Waals surface area contributed by atoms with Gasteiger partial charge in [0.2, 0.25) is 0 Å². The number of carbonyl (C=O) groups is 1. The third kappa shape index (κ3) is 10.6. The molecule has 0 aliphatic carbocycles. The quantitative estimate of drug-likeness (QED) is 0.236. The third-order valence-corrected chi connectivity index (χ3v) is 1.71. The van der Waals surface area contributed by atoms with Crippen LogP contribution in [-0.4, -0.2) is 39.6 Å². The number of hydrogen-bond donors (Lipinski definition) is 3. The lowest BCUT2D eigenvalue weighted by molar-refractivity contribution is 0.190. The van der Waals surface area contributed by atoms with Crippen LogP contribution in [0.15, 0.2) is 4.99 Å². The molecule has 0 aliphatic rings. The minimum Gasteiger partial charge on any atom is -0.397 e. The number of nitrogens with zero attached hydrogens (tertiary/aromatic N) is 1. The molecule has 0 aromatic carbocycles. The lowest BCUT2D eigenvalue weighted by Gasteiger charge is -2.04. The average molecular weight is 216 g/mol. The number of aliphatic imine (C=N–C) groups is 1. The van der Waals surface area contributed by atoms with E-state index >= 15 is 0 Å². The third-order valence-electron chi connectivity index (χ3n) is 1.71. The zero-order valence-electron chi connectivity index (χ0n) is 9.38. The molecule has 0 atom stereocenters. The smallest absolute Gasteiger partial charge is 0.314 e. The predicted octanol–water partition coefficient (Wildman–Crippen LogP) is 0.265. The van der Waals surface area contributed by atoms with E-state index in [9.17, 15) is 4.79 Å². The summed E-state index contributed by atoms with van der Waals surface area (Å²) in [4.78, 5) is 19.2. The first-order valence-electron chi connectivity index (χ1n) is 5.06. The summed E-state index contributed by atoms with van der Waals surface area (Å²) in [7, 11) is 3.25. The van der Waals surface area contributed by atoms with Crippen molar-refractivity contribution in [3.8, 4) is 0 Å². The molecule has 3 N–H and O–H groups in total. The Hall–Kier alpha value is -1.30. The van der Waals surface area contributed by atoms with Crippen molar-refractivity contribution in [2.24, 2.45) is 4.99 Å². The van der Waals surface area contributed by atoms with E-state index < -0.39 is 0 Å². The largest absolute Gasteiger partial charge is 0.397 e. The Morgan fingerprint density at radius 2 is 2.07 bits per heavy atom. The maximum absolute atomic E-state index is 10.7. The van der Waals surface area contributed by atoms with Gasteiger partial charge < -0.3 is 15.5 Å². The highest BCUT2D eigenvalue weighted by Gasteiger charge is 1.94. The lowest BCUT2D eigenvalue weighted by atomic mass is 10.2. The first-order chi connectivity index (χ1) is 7.31. The molecule has 6 nitrogen and oxygen atoms in total. The number of carbonyl (C=O) groups excluding carboxylic acids is 1. The van der Waals surface area contributed by atoms with Crippen molar-refractivity contribution in [3.05, 3.63) is 0 Å². The molecule has 0 heterocycles. The minimum atomic E-state index is -0.129. The van der Waals surface area contributed by atoms with E-state index in [1.165, 1.54) is 6.40 Å². The summed E-state index contributed by atoms with van der Waals surface area (Å²) in [5, 5.41) is 5.21. The molecular weight excluding hydrogens is 196 g/mol. The Balaban J connectivity index is 3.02. The summed E-state index contributed by atoms with van der Waals surface area (Å²) in [5.74, 6) is 0. The minimum absolute atomic E-state index is 0.129. The van der Waals surface area contributed by atoms with Crippen molar-refractivity contribution in [1.82, 2.24) is 16.1 Å². The van der Waals surface area contributed by atoms with Crippen LogP contribution >= 0.6 is 0 Å². The Kier molecular flexibility index (Phi) is 9.84. The van der Waals surface area contributed by atoms with E-state index in [0.29, 0.717) is 6.54 Å². The molecule has 88 valence electrons. The molecule has 6 heteroatoms. The first kappa shape index (κ1) is 13.7. The van der Waals surface area contributed by atoms with Crippen LogP contribution in [0.3, 0.4) is 0 Å². The molecule has 0 saturated carbocycles. The second kappa shape index (κ2) is 10.8. The highest BCUT2D eigenvalue weighted by atomic mass is 16.6. The van der Waals surface area contributed by atoms with Crippen molar-refractivity contribution < 1.29 is 9.63 Å². The lowest BCUT2D eigenvalue weighted by Crippen LogP contribution is -2.33. The van der Waals surface area contributed by atoms with Crippen LogP contribution in [0.4, 0.5) is 4.79 Å². The predicted molar refractivity (Wildman–Crippen MR) is 59.8 cm³/mol. The number of urea groups is 1. The van der Waals surface area contributed by atoms with Crippen LogP contribution < -0.4 is 16.1 Å². The summed E-state index contributed by atoms with van der Waals surface area (Å²) < 4.78 is 0. The fourth-order valence-electron chi connectivity index (χ4n) is 0.938. The summed E-state index contributed by atoms with van der Waals surface area (Å²) in [6, 6.07) is -0.129. The Morgan fingerprint density at radius 1 is 1.33 bits per heavy atom. The van der Waals surface area contributed by atoms with Gasteiger partial charge in [-0.3, -0.25) is 4.99 Å². The topological polar surface area (TPSA) is 74.8 Å². The van der Waals surface area contributed by atoms with Gasteiger partial charge in [-0.15, -0.1) is 0 Å². The highest BCUT2D eigenvalue weighted by molar-refractivity contribution is 5.73. The van der Waals surface area contributed by atoms with Crippen LogP contribution in [0.2, 0.25) is 0 Å². The Labute approximate surface area is 90.4 Å². The zero-order chi connectivity index (χ0) is 11.4. The van der Waals surface area contributed by atoms with Gasteiger partial charge in [-0.2, -0.15) is 5.48 Å². The molecule has 0 saturated heterocycles. The van der Waals surface area contributed by atoms with Gasteiger partial charge in [0, 0.05) is 27.2 Å². The molecule has 0 bridgehead atoms. The van der Waals surface area contributed by atoms with Gasteiger partial charge in [-0.05, 0) is 12.8 Å². The van der Waals surface area contributed by atoms with Crippen molar-refractivity contribution in [3.63, 3.8) is 0 Å². The van der Waals surface area contributed by atoms with Gasteiger partial charge in [0.25, 0.3) is 0 Å². The maximum Gasteiger partial charge on any atom is 0.314 e. The second-order valence-electron chi connectivity index (χ2n) is 2.94. The van der Waals surface area contributed by atoms with E-state index in [0.717, 1.165) is 25.8 Å². The fraction of sp³-hybridized carbons (Fsp3) is 0.778. The molecule has 0 spiro atoms. The standard InChI is InChI=1S/C9H20N4O2/c1-10-8-15-13-7-5-3-4-6-12-9(14)11-2/h8,13H,3-7H2,1-2H3,(H2,11,12,14). The number of nitrogens with one attached hydrogen (secondary N) is 3. The summed E-state index contributed by atoms with van der Waals surface area (Å²) in [5.41, 5.74) is 2.75. The molecule has 0 unspecified atom stereocenters. The van der Waals surface area contributed by atoms with E-state index in [1.807, 2.05) is 0 Å². The average Bonchev–Trinajstić information content (AvgIpc) is 2.26. The van der Waals surface area contributed by atoms with Crippen molar-refractivity contribution in [2.45, 2.75) is 19.3 Å². The number of amides is 2. The number of hydroxylamine groups is 1. The number of rotatable bonds is 8. The Bertz CT molecular complexity index is 185. The monoisotopic (exact) mass is 216 g/mol. The van der Waals surface area contributed by atoms with Crippen molar-refractivity contribution in [1.29, 1.82) is 0 Å². The van der Waals surface area contributed by atoms with Crippen LogP contribution in [-0.2, 0) is 4.84 Å². The molecule has 0 fully saturated rings. The van der Waals surface area contributed by atoms with Crippen LogP contribution in [0, 0.1) is 0 Å². The fourth-order valence-corrected chi connectivity index (χ4v) is 0.938. The summed E-state index contributed by atoms with van der Waals surface area (Å²) in [6.07, 6.45) is 4.38. The summed E-state index contributed by atoms with van der Waals surface area (Å²) >= 11 is 0. The van der Waals surface area contributed by atoms with Crippen LogP contribution in [0.25, 0.3) is 0 Å². The van der Waals surface area contributed by atoms with E-state index in [-0.39, 0.29) is 6.03 Å². The number of unbranched alkanes of at least 4 members (excludes halogenated alkanes) is 2. The van der Waals surface area contributed by atoms with Crippen molar-refractivity contribution >= 4 is 12.4 Å². The van der Waals surface area contributed by atoms with E-state index in [4.69, 9.17) is 4.84 Å². The van der Waals surface area contributed by atoms with Crippen LogP contribution in [0.1, 0.15) is 19.3 Å². The molecule has 0 aliphatic heterocycles. The SMILES string of the molecule is CN=CONCCCCCNC(=O)NC. The van der Waals surface area contributed by atoms with Gasteiger partial charge >= 0.3 is 6.03 Å². The molecule has 0 radical (unpaired) electrons. The molecular formula is C9H20N4O2. The normalized spacial score (nSPS) is 10.3. The van der Waals surface area contributed by atoms with Gasteiger partial charge in [-0.1, -0.05) is 6.42 Å². The summed E-state index contributed by atoms with van der Waals surface area (Å²) in [6.45, 7) is 1.49. The van der Waals surface area contributed by atoms with Gasteiger partial charge in [0.1, 0.15) is 0 Å². The molecule has 2 amide bonds. The van der Waals surface area contributed by atoms with Gasteiger partial charge in [-0.25, -0.2) is 4.79 Å². The number of hydrogen-bond acceptors (Lipinski definition) is 4. The first-order valence-corrected chi connectivity index (χ1v) is 5.06. The van der Waals surface area contributed by atoms with E-state index in [2.05, 4.69) is 21.1 Å². The molecule has 0 aromatic heterocycles. The second-order valence-corrected chi connectivity index (χ2v) is 2.94. The van der Waals surface area contributed by atoms with Crippen molar-refractivity contribution in [2.75, 3.05) is 27.2 Å². The van der Waals surface area contributed by atoms with Gasteiger partial charge in [0.05, 0.1) is 0 Å². The van der Waals surface area contributed by atoms with Crippen LogP contribution in [0.5, 0.6) is 0 Å². The van der Waals surface area contributed by atoms with Gasteiger partial charge in [0.15, 0.2) is 6.40 Å². The molecule has 0 rings (SSSR count). The van der Waals surface area contributed by atoms with E-state index in [1.54, 1.807) is 14.1 Å². The molecule has 0 aromatic rings.